The van der Waals surface area contributed by atoms with E-state index in [0.717, 1.165) is 5.82 Å². The van der Waals surface area contributed by atoms with E-state index in [4.69, 9.17) is 5.73 Å². The summed E-state index contributed by atoms with van der Waals surface area (Å²) >= 11 is 0. The molecule has 1 aliphatic rings. The molecular formula is C15H22N6. The zero-order valence-corrected chi connectivity index (χ0v) is 12.2. The lowest BCUT2D eigenvalue weighted by Crippen LogP contribution is -2.22. The topological polar surface area (TPSA) is 81.6 Å². The molecule has 2 heterocycles. The van der Waals surface area contributed by atoms with Gasteiger partial charge in [0.05, 0.1) is 0 Å². The van der Waals surface area contributed by atoms with E-state index >= 15 is 0 Å². The first-order valence-corrected chi connectivity index (χ1v) is 7.71. The van der Waals surface area contributed by atoms with Gasteiger partial charge in [-0.15, -0.1) is 0 Å². The van der Waals surface area contributed by atoms with Gasteiger partial charge in [-0.05, 0) is 18.9 Å². The molecule has 0 bridgehead atoms. The number of aromatic nitrogens is 4. The zero-order chi connectivity index (χ0) is 14.5. The third-order valence-corrected chi connectivity index (χ3v) is 4.03. The Kier molecular flexibility index (Phi) is 4.33. The van der Waals surface area contributed by atoms with Crippen molar-refractivity contribution in [3.05, 3.63) is 24.8 Å². The van der Waals surface area contributed by atoms with E-state index in [9.17, 15) is 0 Å². The third-order valence-electron chi connectivity index (χ3n) is 4.03. The highest BCUT2D eigenvalue weighted by Gasteiger charge is 2.15. The van der Waals surface area contributed by atoms with Gasteiger partial charge in [0.15, 0.2) is 11.6 Å². The monoisotopic (exact) mass is 286 g/mol. The Bertz CT molecular complexity index is 558. The Morgan fingerprint density at radius 2 is 1.86 bits per heavy atom. The molecule has 1 fully saturated rings. The van der Waals surface area contributed by atoms with Crippen molar-refractivity contribution < 1.29 is 0 Å². The van der Waals surface area contributed by atoms with Crippen molar-refractivity contribution in [1.29, 1.82) is 0 Å². The van der Waals surface area contributed by atoms with Crippen molar-refractivity contribution in [1.82, 2.24) is 19.7 Å². The summed E-state index contributed by atoms with van der Waals surface area (Å²) in [6.07, 6.45) is 14.0. The second-order valence-electron chi connectivity index (χ2n) is 5.60. The van der Waals surface area contributed by atoms with Gasteiger partial charge in [0.25, 0.3) is 0 Å². The van der Waals surface area contributed by atoms with Crippen LogP contribution >= 0.6 is 0 Å². The molecule has 0 unspecified atom stereocenters. The van der Waals surface area contributed by atoms with Gasteiger partial charge >= 0.3 is 0 Å². The zero-order valence-electron chi connectivity index (χ0n) is 12.2. The quantitative estimate of drug-likeness (QED) is 0.906. The van der Waals surface area contributed by atoms with Crippen LogP contribution in [-0.2, 0) is 0 Å². The SMILES string of the molecule is Nc1c(NC2CCCCCCC2)ncnc1-n1cccn1. The van der Waals surface area contributed by atoms with Gasteiger partial charge in [-0.2, -0.15) is 5.10 Å². The molecule has 0 spiro atoms. The van der Waals surface area contributed by atoms with E-state index in [0.29, 0.717) is 17.5 Å². The third kappa shape index (κ3) is 3.32. The normalized spacial score (nSPS) is 17.1. The van der Waals surface area contributed by atoms with Crippen LogP contribution in [0.15, 0.2) is 24.8 Å². The van der Waals surface area contributed by atoms with Crippen molar-refractivity contribution in [2.45, 2.75) is 51.0 Å². The maximum Gasteiger partial charge on any atom is 0.181 e. The van der Waals surface area contributed by atoms with Crippen LogP contribution in [0.3, 0.4) is 0 Å². The minimum absolute atomic E-state index is 0.452. The lowest BCUT2D eigenvalue weighted by Gasteiger charge is -2.22. The molecule has 1 aliphatic carbocycles. The van der Waals surface area contributed by atoms with Crippen LogP contribution in [0.2, 0.25) is 0 Å². The van der Waals surface area contributed by atoms with Crippen molar-refractivity contribution in [3.63, 3.8) is 0 Å². The van der Waals surface area contributed by atoms with Crippen molar-refractivity contribution in [2.24, 2.45) is 0 Å². The van der Waals surface area contributed by atoms with Gasteiger partial charge in [-0.25, -0.2) is 14.6 Å². The van der Waals surface area contributed by atoms with E-state index in [2.05, 4.69) is 20.4 Å². The fourth-order valence-corrected chi connectivity index (χ4v) is 2.87. The van der Waals surface area contributed by atoms with Crippen molar-refractivity contribution in [2.75, 3.05) is 11.1 Å². The Morgan fingerprint density at radius 3 is 2.57 bits per heavy atom. The summed E-state index contributed by atoms with van der Waals surface area (Å²) in [5.74, 6) is 1.35. The predicted molar refractivity (Wildman–Crippen MR) is 83.3 cm³/mol. The summed E-state index contributed by atoms with van der Waals surface area (Å²) in [5, 5.41) is 7.68. The van der Waals surface area contributed by atoms with Crippen molar-refractivity contribution >= 4 is 11.5 Å². The average molecular weight is 286 g/mol. The van der Waals surface area contributed by atoms with E-state index < -0.39 is 0 Å². The molecule has 0 saturated heterocycles. The molecule has 2 aromatic heterocycles. The van der Waals surface area contributed by atoms with Crippen LogP contribution in [0.5, 0.6) is 0 Å². The highest BCUT2D eigenvalue weighted by molar-refractivity contribution is 5.69. The molecule has 112 valence electrons. The highest BCUT2D eigenvalue weighted by Crippen LogP contribution is 2.25. The lowest BCUT2D eigenvalue weighted by molar-refractivity contribution is 0.471. The number of nitrogen functional groups attached to an aromatic ring is 1. The van der Waals surface area contributed by atoms with Gasteiger partial charge in [-0.1, -0.05) is 32.1 Å². The van der Waals surface area contributed by atoms with Gasteiger partial charge in [0.1, 0.15) is 12.0 Å². The Labute approximate surface area is 124 Å². The molecule has 0 amide bonds. The standard InChI is InChI=1S/C15H22N6/c16-13-14(20-12-7-4-2-1-3-5-8-12)17-11-18-15(13)21-10-6-9-19-21/h6,9-12H,1-5,7-8,16H2,(H,17,18,20). The largest absolute Gasteiger partial charge is 0.393 e. The lowest BCUT2D eigenvalue weighted by atomic mass is 9.97. The molecule has 6 nitrogen and oxygen atoms in total. The molecule has 3 N–H and O–H groups in total. The second-order valence-corrected chi connectivity index (χ2v) is 5.60. The smallest absolute Gasteiger partial charge is 0.181 e. The molecule has 21 heavy (non-hydrogen) atoms. The average Bonchev–Trinajstić information content (AvgIpc) is 2.97. The van der Waals surface area contributed by atoms with Gasteiger partial charge in [0.2, 0.25) is 0 Å². The van der Waals surface area contributed by atoms with Crippen LogP contribution in [0.1, 0.15) is 44.9 Å². The number of nitrogens with zero attached hydrogens (tertiary/aromatic N) is 4. The molecule has 3 rings (SSSR count). The number of hydrogen-bond acceptors (Lipinski definition) is 5. The van der Waals surface area contributed by atoms with Gasteiger partial charge < -0.3 is 11.1 Å². The first kappa shape index (κ1) is 13.9. The van der Waals surface area contributed by atoms with Crippen molar-refractivity contribution in [3.8, 4) is 5.82 Å². The minimum atomic E-state index is 0.452. The van der Waals surface area contributed by atoms with E-state index in [-0.39, 0.29) is 0 Å². The molecule has 6 heteroatoms. The number of nitrogens with one attached hydrogen (secondary N) is 1. The summed E-state index contributed by atoms with van der Waals surface area (Å²) < 4.78 is 1.67. The Hall–Kier alpha value is -2.11. The first-order valence-electron chi connectivity index (χ1n) is 7.71. The Balaban J connectivity index is 1.77. The number of nitrogens with two attached hydrogens (primary N) is 1. The summed E-state index contributed by atoms with van der Waals surface area (Å²) in [6.45, 7) is 0. The maximum absolute atomic E-state index is 6.21. The number of hydrogen-bond donors (Lipinski definition) is 2. The van der Waals surface area contributed by atoms with Crippen LogP contribution in [-0.4, -0.2) is 25.8 Å². The predicted octanol–water partition coefficient (Wildman–Crippen LogP) is 2.77. The summed E-state index contributed by atoms with van der Waals surface area (Å²) in [6, 6.07) is 2.30. The van der Waals surface area contributed by atoms with Crippen LogP contribution < -0.4 is 11.1 Å². The van der Waals surface area contributed by atoms with Crippen LogP contribution in [0.25, 0.3) is 5.82 Å². The molecule has 0 radical (unpaired) electrons. The van der Waals surface area contributed by atoms with Gasteiger partial charge in [0, 0.05) is 18.4 Å². The van der Waals surface area contributed by atoms with E-state index in [1.165, 1.54) is 44.9 Å². The number of rotatable bonds is 3. The minimum Gasteiger partial charge on any atom is -0.393 e. The second kappa shape index (κ2) is 6.56. The highest BCUT2D eigenvalue weighted by atomic mass is 15.3. The molecule has 2 aromatic rings. The summed E-state index contributed by atoms with van der Waals surface area (Å²) in [5.41, 5.74) is 6.77. The van der Waals surface area contributed by atoms with Crippen LogP contribution in [0, 0.1) is 0 Å². The molecule has 1 saturated carbocycles. The number of anilines is 2. The molecule has 0 aliphatic heterocycles. The van der Waals surface area contributed by atoms with Gasteiger partial charge in [-0.3, -0.25) is 0 Å². The molecule has 0 aromatic carbocycles. The fourth-order valence-electron chi connectivity index (χ4n) is 2.87. The van der Waals surface area contributed by atoms with E-state index in [1.807, 2.05) is 12.3 Å². The first-order chi connectivity index (χ1) is 10.3. The fraction of sp³-hybridized carbons (Fsp3) is 0.533. The maximum atomic E-state index is 6.21. The summed E-state index contributed by atoms with van der Waals surface area (Å²) in [7, 11) is 0. The Morgan fingerprint density at radius 1 is 1.10 bits per heavy atom. The molecular weight excluding hydrogens is 264 g/mol. The van der Waals surface area contributed by atoms with E-state index in [1.54, 1.807) is 17.2 Å². The van der Waals surface area contributed by atoms with Crippen LogP contribution in [0.4, 0.5) is 11.5 Å². The summed E-state index contributed by atoms with van der Waals surface area (Å²) in [4.78, 5) is 8.54. The molecule has 0 atom stereocenters.